The van der Waals surface area contributed by atoms with Crippen molar-refractivity contribution in [3.05, 3.63) is 59.7 Å². The highest BCUT2D eigenvalue weighted by Gasteiger charge is 2.02. The Morgan fingerprint density at radius 1 is 1.13 bits per heavy atom. The molecule has 118 valence electrons. The maximum atomic E-state index is 11.7. The van der Waals surface area contributed by atoms with Gasteiger partial charge < -0.3 is 10.5 Å². The van der Waals surface area contributed by atoms with Crippen molar-refractivity contribution in [2.24, 2.45) is 5.10 Å². The number of rotatable bonds is 5. The normalized spacial score (nSPS) is 10.5. The van der Waals surface area contributed by atoms with Gasteiger partial charge in [-0.1, -0.05) is 12.1 Å². The fourth-order valence-electron chi connectivity index (χ4n) is 1.83. The number of benzene rings is 2. The third-order valence-electron chi connectivity index (χ3n) is 2.89. The number of carbonyl (C=O) groups excluding carboxylic acids is 2. The van der Waals surface area contributed by atoms with E-state index in [4.69, 9.17) is 10.5 Å². The smallest absolute Gasteiger partial charge is 0.308 e. The lowest BCUT2D eigenvalue weighted by Crippen LogP contribution is -2.19. The van der Waals surface area contributed by atoms with Gasteiger partial charge in [0.05, 0.1) is 12.6 Å². The molecule has 0 bridgehead atoms. The molecule has 2 rings (SSSR count). The first kappa shape index (κ1) is 16.2. The summed E-state index contributed by atoms with van der Waals surface area (Å²) < 4.78 is 4.92. The molecular weight excluding hydrogens is 294 g/mol. The van der Waals surface area contributed by atoms with Crippen molar-refractivity contribution in [3.63, 3.8) is 0 Å². The van der Waals surface area contributed by atoms with Crippen molar-refractivity contribution in [1.82, 2.24) is 5.43 Å². The molecule has 0 saturated carbocycles. The highest BCUT2D eigenvalue weighted by molar-refractivity contribution is 5.83. The van der Waals surface area contributed by atoms with Gasteiger partial charge in [-0.25, -0.2) is 5.43 Å². The lowest BCUT2D eigenvalue weighted by molar-refractivity contribution is -0.131. The molecule has 0 radical (unpaired) electrons. The van der Waals surface area contributed by atoms with Crippen LogP contribution in [0.2, 0.25) is 0 Å². The first-order chi connectivity index (χ1) is 11.0. The molecule has 23 heavy (non-hydrogen) atoms. The molecule has 0 atom stereocenters. The topological polar surface area (TPSA) is 93.8 Å². The van der Waals surface area contributed by atoms with E-state index in [0.29, 0.717) is 11.4 Å². The number of amides is 1. The van der Waals surface area contributed by atoms with Gasteiger partial charge in [-0.2, -0.15) is 5.10 Å². The van der Waals surface area contributed by atoms with Crippen molar-refractivity contribution in [2.45, 2.75) is 13.3 Å². The Morgan fingerprint density at radius 3 is 2.39 bits per heavy atom. The Labute approximate surface area is 134 Å². The summed E-state index contributed by atoms with van der Waals surface area (Å²) in [5.41, 5.74) is 10.3. The number of hydrogen-bond acceptors (Lipinski definition) is 5. The van der Waals surface area contributed by atoms with E-state index < -0.39 is 0 Å². The second-order valence-corrected chi connectivity index (χ2v) is 4.87. The third-order valence-corrected chi connectivity index (χ3v) is 2.89. The van der Waals surface area contributed by atoms with Crippen molar-refractivity contribution in [1.29, 1.82) is 0 Å². The average molecular weight is 311 g/mol. The minimum atomic E-state index is -0.374. The third kappa shape index (κ3) is 5.62. The van der Waals surface area contributed by atoms with Gasteiger partial charge in [-0.15, -0.1) is 0 Å². The van der Waals surface area contributed by atoms with E-state index in [9.17, 15) is 9.59 Å². The Hall–Kier alpha value is -3.15. The van der Waals surface area contributed by atoms with Gasteiger partial charge >= 0.3 is 5.97 Å². The minimum Gasteiger partial charge on any atom is -0.427 e. The van der Waals surface area contributed by atoms with Crippen LogP contribution in [0.4, 0.5) is 5.69 Å². The fraction of sp³-hybridized carbons (Fsp3) is 0.118. The SMILES string of the molecule is CC(=O)Oc1ccc(/C=N\NC(=O)Cc2ccc(N)cc2)cc1. The molecule has 2 aromatic rings. The van der Waals surface area contributed by atoms with Crippen molar-refractivity contribution in [3.8, 4) is 5.75 Å². The number of nitrogens with zero attached hydrogens (tertiary/aromatic N) is 1. The van der Waals surface area contributed by atoms with Gasteiger partial charge in [0.1, 0.15) is 5.75 Å². The predicted molar refractivity (Wildman–Crippen MR) is 88.0 cm³/mol. The molecule has 2 aromatic carbocycles. The van der Waals surface area contributed by atoms with E-state index in [1.807, 2.05) is 0 Å². The Balaban J connectivity index is 1.84. The molecule has 0 aliphatic carbocycles. The van der Waals surface area contributed by atoms with Crippen molar-refractivity contribution in [2.75, 3.05) is 5.73 Å². The molecule has 6 heteroatoms. The van der Waals surface area contributed by atoms with Gasteiger partial charge in [0, 0.05) is 12.6 Å². The summed E-state index contributed by atoms with van der Waals surface area (Å²) in [5, 5.41) is 3.89. The standard InChI is InChI=1S/C17H17N3O3/c1-12(21)23-16-8-4-14(5-9-16)11-19-20-17(22)10-13-2-6-15(18)7-3-13/h2-9,11H,10,18H2,1H3,(H,20,22)/b19-11-. The van der Waals surface area contributed by atoms with Crippen molar-refractivity contribution < 1.29 is 14.3 Å². The lowest BCUT2D eigenvalue weighted by atomic mass is 10.1. The summed E-state index contributed by atoms with van der Waals surface area (Å²) in [5.74, 6) is -0.133. The molecule has 0 aromatic heterocycles. The number of hydrazone groups is 1. The monoisotopic (exact) mass is 311 g/mol. The van der Waals surface area contributed by atoms with E-state index >= 15 is 0 Å². The average Bonchev–Trinajstić information content (AvgIpc) is 2.51. The van der Waals surface area contributed by atoms with Crippen molar-refractivity contribution >= 4 is 23.8 Å². The second kappa shape index (κ2) is 7.74. The van der Waals surface area contributed by atoms with Gasteiger partial charge in [-0.3, -0.25) is 9.59 Å². The number of ether oxygens (including phenoxy) is 1. The molecule has 3 N–H and O–H groups in total. The highest BCUT2D eigenvalue weighted by atomic mass is 16.5. The quantitative estimate of drug-likeness (QED) is 0.290. The zero-order chi connectivity index (χ0) is 16.7. The van der Waals surface area contributed by atoms with Crippen LogP contribution in [0.15, 0.2) is 53.6 Å². The lowest BCUT2D eigenvalue weighted by Gasteiger charge is -2.02. The summed E-state index contributed by atoms with van der Waals surface area (Å²) in [6.45, 7) is 1.34. The molecule has 6 nitrogen and oxygen atoms in total. The molecule has 0 unspecified atom stereocenters. The summed E-state index contributed by atoms with van der Waals surface area (Å²) in [4.78, 5) is 22.6. The summed E-state index contributed by atoms with van der Waals surface area (Å²) >= 11 is 0. The van der Waals surface area contributed by atoms with Crippen LogP contribution in [0.25, 0.3) is 0 Å². The molecule has 0 saturated heterocycles. The summed E-state index contributed by atoms with van der Waals surface area (Å²) in [7, 11) is 0. The number of nitrogens with two attached hydrogens (primary N) is 1. The largest absolute Gasteiger partial charge is 0.427 e. The van der Waals surface area contributed by atoms with E-state index in [1.54, 1.807) is 48.5 Å². The zero-order valence-corrected chi connectivity index (χ0v) is 12.7. The van der Waals surface area contributed by atoms with Crippen LogP contribution in [0, 0.1) is 0 Å². The number of anilines is 1. The first-order valence-electron chi connectivity index (χ1n) is 6.98. The number of nitrogen functional groups attached to an aromatic ring is 1. The number of esters is 1. The first-order valence-corrected chi connectivity index (χ1v) is 6.98. The predicted octanol–water partition coefficient (Wildman–Crippen LogP) is 1.89. The maximum absolute atomic E-state index is 11.7. The molecule has 1 amide bonds. The van der Waals surface area contributed by atoms with Gasteiger partial charge in [0.2, 0.25) is 5.91 Å². The van der Waals surface area contributed by atoms with Crippen LogP contribution in [-0.4, -0.2) is 18.1 Å². The molecule has 0 aliphatic rings. The fourth-order valence-corrected chi connectivity index (χ4v) is 1.83. The van der Waals surface area contributed by atoms with E-state index in [2.05, 4.69) is 10.5 Å². The molecule has 0 fully saturated rings. The van der Waals surface area contributed by atoms with E-state index in [0.717, 1.165) is 11.1 Å². The molecule has 0 heterocycles. The summed E-state index contributed by atoms with van der Waals surface area (Å²) in [6, 6.07) is 13.9. The number of hydrogen-bond donors (Lipinski definition) is 2. The Morgan fingerprint density at radius 2 is 1.78 bits per heavy atom. The zero-order valence-electron chi connectivity index (χ0n) is 12.7. The minimum absolute atomic E-state index is 0.220. The van der Waals surface area contributed by atoms with Crippen LogP contribution >= 0.6 is 0 Å². The summed E-state index contributed by atoms with van der Waals surface area (Å²) in [6.07, 6.45) is 1.74. The van der Waals surface area contributed by atoms with Crippen LogP contribution in [-0.2, 0) is 16.0 Å². The second-order valence-electron chi connectivity index (χ2n) is 4.87. The van der Waals surface area contributed by atoms with Gasteiger partial charge in [0.25, 0.3) is 0 Å². The van der Waals surface area contributed by atoms with Crippen LogP contribution in [0.1, 0.15) is 18.1 Å². The van der Waals surface area contributed by atoms with E-state index in [-0.39, 0.29) is 18.3 Å². The van der Waals surface area contributed by atoms with Crippen LogP contribution < -0.4 is 15.9 Å². The van der Waals surface area contributed by atoms with Crippen LogP contribution in [0.5, 0.6) is 5.75 Å². The maximum Gasteiger partial charge on any atom is 0.308 e. The Kier molecular flexibility index (Phi) is 5.46. The molecular formula is C17H17N3O3. The molecule has 0 aliphatic heterocycles. The van der Waals surface area contributed by atoms with Gasteiger partial charge in [-0.05, 0) is 47.5 Å². The number of nitrogens with one attached hydrogen (secondary N) is 1. The van der Waals surface area contributed by atoms with Crippen LogP contribution in [0.3, 0.4) is 0 Å². The Bertz CT molecular complexity index is 707. The molecule has 0 spiro atoms. The van der Waals surface area contributed by atoms with Gasteiger partial charge in [0.15, 0.2) is 0 Å². The van der Waals surface area contributed by atoms with E-state index in [1.165, 1.54) is 13.1 Å². The number of carbonyl (C=O) groups is 2. The highest BCUT2D eigenvalue weighted by Crippen LogP contribution is 2.11.